The zero-order valence-electron chi connectivity index (χ0n) is 41.9. The zero-order chi connectivity index (χ0) is 53.5. The van der Waals surface area contributed by atoms with Crippen molar-refractivity contribution in [3.63, 3.8) is 0 Å². The topological polar surface area (TPSA) is 198 Å². The first kappa shape index (κ1) is 55.4. The van der Waals surface area contributed by atoms with Gasteiger partial charge in [-0.1, -0.05) is 38.1 Å². The number of aliphatic hydroxyl groups excluding tert-OH is 1. The number of halogens is 3. The number of aromatic nitrogens is 1. The Morgan fingerprint density at radius 2 is 1.66 bits per heavy atom. The highest BCUT2D eigenvalue weighted by Crippen LogP contribution is 2.40. The molecule has 3 aliphatic heterocycles. The van der Waals surface area contributed by atoms with Crippen LogP contribution in [-0.4, -0.2) is 124 Å². The third kappa shape index (κ3) is 12.8. The summed E-state index contributed by atoms with van der Waals surface area (Å²) in [5, 5.41) is 25.4. The van der Waals surface area contributed by atoms with E-state index >= 15 is 0 Å². The van der Waals surface area contributed by atoms with E-state index in [9.17, 15) is 47.5 Å². The van der Waals surface area contributed by atoms with E-state index in [0.717, 1.165) is 51.6 Å². The summed E-state index contributed by atoms with van der Waals surface area (Å²) in [5.41, 5.74) is 2.43. The summed E-state index contributed by atoms with van der Waals surface area (Å²) in [6.07, 6.45) is -2.08. The third-order valence-electron chi connectivity index (χ3n) is 13.5. The van der Waals surface area contributed by atoms with Crippen molar-refractivity contribution in [3.8, 4) is 16.5 Å². The Balaban J connectivity index is 0.782. The first-order valence-electron chi connectivity index (χ1n) is 24.6. The van der Waals surface area contributed by atoms with E-state index < -0.39 is 58.8 Å². The van der Waals surface area contributed by atoms with Gasteiger partial charge in [-0.2, -0.15) is 18.4 Å². The van der Waals surface area contributed by atoms with Gasteiger partial charge in [0, 0.05) is 57.1 Å². The Labute approximate surface area is 437 Å². The van der Waals surface area contributed by atoms with Gasteiger partial charge in [-0.3, -0.25) is 28.9 Å². The van der Waals surface area contributed by atoms with Crippen molar-refractivity contribution in [2.45, 2.75) is 116 Å². The summed E-state index contributed by atoms with van der Waals surface area (Å²) in [5.74, 6) is -2.31. The fourth-order valence-corrected chi connectivity index (χ4v) is 10.7. The van der Waals surface area contributed by atoms with Gasteiger partial charge in [-0.25, -0.2) is 4.98 Å². The average Bonchev–Trinajstić information content (AvgIpc) is 4.04. The lowest BCUT2D eigenvalue weighted by Crippen LogP contribution is -2.55. The number of alkyl halides is 3. The number of hydrogen-bond donors (Lipinski definition) is 3. The number of anilines is 2. The molecule has 0 radical (unpaired) electrons. The average molecular weight is 1060 g/mol. The van der Waals surface area contributed by atoms with Crippen LogP contribution in [0.4, 0.5) is 24.5 Å². The number of β-amino-alcohol motifs (C(OH)–C–C–N with tert-alkyl or cyclic N) is 1. The summed E-state index contributed by atoms with van der Waals surface area (Å²) in [6.45, 7) is 10.6. The summed E-state index contributed by atoms with van der Waals surface area (Å²) < 4.78 is 53.1. The number of benzene rings is 3. The molecule has 74 heavy (non-hydrogen) atoms. The van der Waals surface area contributed by atoms with E-state index in [-0.39, 0.29) is 60.8 Å². The molecule has 4 heterocycles. The minimum absolute atomic E-state index is 0.0173. The van der Waals surface area contributed by atoms with Crippen molar-refractivity contribution in [1.29, 1.82) is 5.26 Å². The van der Waals surface area contributed by atoms with Crippen LogP contribution < -0.4 is 20.4 Å². The molecule has 3 N–H and O–H groups in total. The molecule has 0 saturated carbocycles. The van der Waals surface area contributed by atoms with Crippen molar-refractivity contribution in [2.24, 2.45) is 5.92 Å². The van der Waals surface area contributed by atoms with E-state index in [2.05, 4.69) is 15.6 Å². The molecule has 7 rings (SSSR count). The van der Waals surface area contributed by atoms with Gasteiger partial charge in [0.2, 0.25) is 17.7 Å². The van der Waals surface area contributed by atoms with Crippen LogP contribution in [0.1, 0.15) is 99.0 Å². The molecule has 0 bridgehead atoms. The lowest BCUT2D eigenvalue weighted by Gasteiger charge is -2.32. The number of thiocarbonyl (C=S) groups is 1. The van der Waals surface area contributed by atoms with Crippen LogP contribution >= 0.6 is 23.6 Å². The molecular weight excluding hydrogens is 998 g/mol. The minimum Gasteiger partial charge on any atom is -0.391 e. The van der Waals surface area contributed by atoms with Crippen molar-refractivity contribution < 1.29 is 51.7 Å². The fourth-order valence-electron chi connectivity index (χ4n) is 9.39. The number of nitriles is 1. The summed E-state index contributed by atoms with van der Waals surface area (Å²) in [6, 6.07) is 17.1. The van der Waals surface area contributed by atoms with Crippen LogP contribution in [0, 0.1) is 24.2 Å². The van der Waals surface area contributed by atoms with E-state index in [4.69, 9.17) is 21.7 Å². The van der Waals surface area contributed by atoms with E-state index in [0.29, 0.717) is 56.8 Å². The molecule has 4 aromatic rings. The Kier molecular flexibility index (Phi) is 17.9. The molecule has 394 valence electrons. The number of unbranched alkanes of at least 4 members (excludes halogenated alkanes) is 2. The van der Waals surface area contributed by atoms with Crippen LogP contribution in [-0.2, 0) is 41.4 Å². The van der Waals surface area contributed by atoms with Crippen LogP contribution in [0.15, 0.2) is 72.2 Å². The Bertz CT molecular complexity index is 2740. The predicted molar refractivity (Wildman–Crippen MR) is 276 cm³/mol. The molecule has 3 fully saturated rings. The molecule has 0 spiro atoms. The predicted octanol–water partition coefficient (Wildman–Crippen LogP) is 7.15. The smallest absolute Gasteiger partial charge is 0.391 e. The van der Waals surface area contributed by atoms with Crippen LogP contribution in [0.5, 0.6) is 0 Å². The van der Waals surface area contributed by atoms with Crippen molar-refractivity contribution in [1.82, 2.24) is 25.4 Å². The molecule has 1 unspecified atom stereocenters. The number of amides is 5. The van der Waals surface area contributed by atoms with Gasteiger partial charge in [0.05, 0.1) is 51.2 Å². The van der Waals surface area contributed by atoms with E-state index in [1.807, 2.05) is 31.2 Å². The number of nitrogens with zero attached hydrogens (tertiary/aromatic N) is 6. The van der Waals surface area contributed by atoms with E-state index in [1.165, 1.54) is 15.9 Å². The maximum absolute atomic E-state index is 13.8. The second kappa shape index (κ2) is 23.9. The van der Waals surface area contributed by atoms with Gasteiger partial charge in [-0.15, -0.1) is 11.3 Å². The number of nitrogens with one attached hydrogen (secondary N) is 2. The number of piperidine rings is 1. The van der Waals surface area contributed by atoms with Crippen LogP contribution in [0.25, 0.3) is 10.4 Å². The highest BCUT2D eigenvalue weighted by atomic mass is 32.1. The number of thiazole rings is 1. The quantitative estimate of drug-likeness (QED) is 0.0635. The standard InChI is InChI=1S/C53H61F3N8O8S2/c1-32(2)45(49(69)62-29-40(65)26-43(62)47(67)58-28-34-9-11-35(12-10-34)46-33(3)59-31-74-46)60-44(66)30-71-23-7-6-8-24-72-41-19-21-61(22-20-41)48(68)36-13-16-38(17-14-36)64-51(73)63(50(70)52(64,4)5)39-18-15-37(27-57)42(25-39)53(54,55)56/h9-18,25,31-32,40-41,43,45,65H,6-8,19-24,26,28-30H2,1-5H3,(H,58,67)(H,60,66)/t40-,43+,45?/m1/s1. The number of hydrogen-bond acceptors (Lipinski definition) is 12. The Morgan fingerprint density at radius 1 is 0.986 bits per heavy atom. The second-order valence-electron chi connectivity index (χ2n) is 19.5. The monoisotopic (exact) mass is 1060 g/mol. The summed E-state index contributed by atoms with van der Waals surface area (Å²) >= 11 is 7.20. The van der Waals surface area contributed by atoms with Crippen molar-refractivity contribution in [3.05, 3.63) is 100 Å². The largest absolute Gasteiger partial charge is 0.417 e. The number of aryl methyl sites for hydroxylation is 1. The maximum atomic E-state index is 13.8. The van der Waals surface area contributed by atoms with Crippen LogP contribution in [0.3, 0.4) is 0 Å². The molecule has 3 aliphatic rings. The number of likely N-dealkylation sites (tertiary alicyclic amines) is 2. The molecule has 1 aromatic heterocycles. The number of carbonyl (C=O) groups excluding carboxylic acids is 5. The third-order valence-corrected chi connectivity index (χ3v) is 14.9. The molecule has 3 aromatic carbocycles. The first-order valence-corrected chi connectivity index (χ1v) is 25.9. The van der Waals surface area contributed by atoms with Crippen molar-refractivity contribution >= 4 is 69.6 Å². The van der Waals surface area contributed by atoms with Gasteiger partial charge in [0.25, 0.3) is 11.8 Å². The Morgan fingerprint density at radius 3 is 2.30 bits per heavy atom. The van der Waals surface area contributed by atoms with Gasteiger partial charge >= 0.3 is 6.18 Å². The zero-order valence-corrected chi connectivity index (χ0v) is 43.6. The van der Waals surface area contributed by atoms with Gasteiger partial charge in [0.1, 0.15) is 24.2 Å². The van der Waals surface area contributed by atoms with Crippen LogP contribution in [0.2, 0.25) is 0 Å². The lowest BCUT2D eigenvalue weighted by molar-refractivity contribution is -0.143. The minimum atomic E-state index is -4.82. The molecule has 5 amide bonds. The second-order valence-corrected chi connectivity index (χ2v) is 20.8. The molecular formula is C53H61F3N8O8S2. The van der Waals surface area contributed by atoms with Crippen molar-refractivity contribution in [2.75, 3.05) is 49.3 Å². The normalized spacial score (nSPS) is 18.5. The molecule has 0 aliphatic carbocycles. The molecule has 21 heteroatoms. The number of rotatable bonds is 19. The molecule has 3 atom stereocenters. The first-order chi connectivity index (χ1) is 35.2. The fraction of sp³-hybridized carbons (Fsp3) is 0.472. The highest BCUT2D eigenvalue weighted by Gasteiger charge is 2.51. The Hall–Kier alpha value is -6.31. The lowest BCUT2D eigenvalue weighted by atomic mass is 10.0. The molecule has 16 nitrogen and oxygen atoms in total. The SMILES string of the molecule is Cc1ncsc1-c1ccc(CNC(=O)[C@@H]2C[C@@H](O)CN2C(=O)C(NC(=O)COCCCCCOC2CCN(C(=O)c3ccc(N4C(=S)N(c5ccc(C#N)c(C(F)(F)F)c5)C(=O)C4(C)C)cc3)CC2)C(C)C)cc1. The molecule has 3 saturated heterocycles. The summed E-state index contributed by atoms with van der Waals surface area (Å²) in [7, 11) is 0. The number of ether oxygens (including phenoxy) is 2. The highest BCUT2D eigenvalue weighted by molar-refractivity contribution is 7.81. The van der Waals surface area contributed by atoms with Gasteiger partial charge in [0.15, 0.2) is 5.11 Å². The maximum Gasteiger partial charge on any atom is 0.417 e. The van der Waals surface area contributed by atoms with Gasteiger partial charge < -0.3 is 39.9 Å². The number of aliphatic hydroxyl groups is 1. The summed E-state index contributed by atoms with van der Waals surface area (Å²) in [4.78, 5) is 78.3. The van der Waals surface area contributed by atoms with E-state index in [1.54, 1.807) is 79.8 Å². The van der Waals surface area contributed by atoms with Gasteiger partial charge in [-0.05, 0) is 125 Å². The number of carbonyl (C=O) groups is 5.